The number of hydrogen-bond donors (Lipinski definition) is 1. The standard InChI is InChI=1S/C8H10BrN/c1-4-6(2)8(10)5-7(3)9/h4-5H,1-3,10H2/b8-5+. The molecule has 0 atom stereocenters. The summed E-state index contributed by atoms with van der Waals surface area (Å²) in [5.41, 5.74) is 6.82. The van der Waals surface area contributed by atoms with Crippen molar-refractivity contribution >= 4 is 15.9 Å². The highest BCUT2D eigenvalue weighted by Crippen LogP contribution is 2.08. The van der Waals surface area contributed by atoms with Crippen molar-refractivity contribution in [3.8, 4) is 0 Å². The van der Waals surface area contributed by atoms with Crippen molar-refractivity contribution in [3.63, 3.8) is 0 Å². The summed E-state index contributed by atoms with van der Waals surface area (Å²) in [7, 11) is 0. The summed E-state index contributed by atoms with van der Waals surface area (Å²) in [6.45, 7) is 10.8. The molecule has 1 nitrogen and oxygen atoms in total. The minimum Gasteiger partial charge on any atom is -0.398 e. The van der Waals surface area contributed by atoms with Gasteiger partial charge in [-0.1, -0.05) is 41.7 Å². The van der Waals surface area contributed by atoms with Crippen LogP contribution in [-0.4, -0.2) is 0 Å². The Bertz CT molecular complexity index is 201. The molecule has 0 bridgehead atoms. The van der Waals surface area contributed by atoms with E-state index in [9.17, 15) is 0 Å². The van der Waals surface area contributed by atoms with Crippen molar-refractivity contribution in [2.75, 3.05) is 0 Å². The molecular formula is C8H10BrN. The van der Waals surface area contributed by atoms with Crippen molar-refractivity contribution in [1.82, 2.24) is 0 Å². The van der Waals surface area contributed by atoms with Crippen molar-refractivity contribution in [2.24, 2.45) is 5.73 Å². The minimum atomic E-state index is 0.580. The molecule has 0 amide bonds. The van der Waals surface area contributed by atoms with Crippen LogP contribution in [0.4, 0.5) is 0 Å². The Labute approximate surface area is 69.7 Å². The SMILES string of the molecule is C=CC(=C)/C(N)=C\C(=C)Br. The van der Waals surface area contributed by atoms with E-state index < -0.39 is 0 Å². The summed E-state index contributed by atoms with van der Waals surface area (Å²) in [6.07, 6.45) is 3.28. The van der Waals surface area contributed by atoms with Crippen LogP contribution >= 0.6 is 15.9 Å². The lowest BCUT2D eigenvalue weighted by molar-refractivity contribution is 1.37. The Kier molecular flexibility index (Phi) is 3.81. The molecular weight excluding hydrogens is 190 g/mol. The van der Waals surface area contributed by atoms with E-state index in [4.69, 9.17) is 5.73 Å². The van der Waals surface area contributed by atoms with Gasteiger partial charge in [0.1, 0.15) is 0 Å². The largest absolute Gasteiger partial charge is 0.398 e. The Morgan fingerprint density at radius 3 is 2.20 bits per heavy atom. The molecule has 0 spiro atoms. The molecule has 0 saturated carbocycles. The minimum absolute atomic E-state index is 0.580. The van der Waals surface area contributed by atoms with Crippen molar-refractivity contribution < 1.29 is 0 Å². The summed E-state index contributed by atoms with van der Waals surface area (Å²) in [5, 5.41) is 0. The van der Waals surface area contributed by atoms with E-state index in [0.29, 0.717) is 11.3 Å². The fraction of sp³-hybridized carbons (Fsp3) is 0. The highest BCUT2D eigenvalue weighted by atomic mass is 79.9. The lowest BCUT2D eigenvalue weighted by Crippen LogP contribution is -1.97. The Balaban J connectivity index is 4.33. The summed E-state index contributed by atoms with van der Waals surface area (Å²) in [6, 6.07) is 0. The van der Waals surface area contributed by atoms with Gasteiger partial charge in [-0.15, -0.1) is 0 Å². The smallest absolute Gasteiger partial charge is 0.0392 e. The molecule has 0 aliphatic carbocycles. The molecule has 0 aliphatic heterocycles. The number of halogens is 1. The van der Waals surface area contributed by atoms with Crippen LogP contribution in [0.25, 0.3) is 0 Å². The van der Waals surface area contributed by atoms with E-state index in [2.05, 4.69) is 35.7 Å². The maximum absolute atomic E-state index is 5.53. The van der Waals surface area contributed by atoms with Gasteiger partial charge < -0.3 is 5.73 Å². The zero-order valence-electron chi connectivity index (χ0n) is 5.73. The van der Waals surface area contributed by atoms with Gasteiger partial charge in [0.2, 0.25) is 0 Å². The third kappa shape index (κ3) is 3.30. The highest BCUT2D eigenvalue weighted by Gasteiger charge is 1.90. The molecule has 2 heteroatoms. The molecule has 0 aromatic rings. The van der Waals surface area contributed by atoms with Gasteiger partial charge in [-0.3, -0.25) is 0 Å². The number of allylic oxidation sites excluding steroid dienone is 3. The predicted molar refractivity (Wildman–Crippen MR) is 49.7 cm³/mol. The first-order valence-corrected chi connectivity index (χ1v) is 3.50. The first-order chi connectivity index (χ1) is 4.57. The molecule has 54 valence electrons. The molecule has 0 aromatic carbocycles. The van der Waals surface area contributed by atoms with E-state index in [-0.39, 0.29) is 0 Å². The van der Waals surface area contributed by atoms with Crippen LogP contribution in [-0.2, 0) is 0 Å². The second kappa shape index (κ2) is 4.12. The van der Waals surface area contributed by atoms with Crippen molar-refractivity contribution in [2.45, 2.75) is 0 Å². The Morgan fingerprint density at radius 2 is 1.90 bits per heavy atom. The molecule has 2 N–H and O–H groups in total. The molecule has 0 saturated heterocycles. The maximum atomic E-state index is 5.53. The topological polar surface area (TPSA) is 26.0 Å². The van der Waals surface area contributed by atoms with Crippen LogP contribution < -0.4 is 5.73 Å². The molecule has 0 aliphatic rings. The predicted octanol–water partition coefficient (Wildman–Crippen LogP) is 2.48. The van der Waals surface area contributed by atoms with Gasteiger partial charge in [0.25, 0.3) is 0 Å². The van der Waals surface area contributed by atoms with E-state index in [1.165, 1.54) is 0 Å². The summed E-state index contributed by atoms with van der Waals surface area (Å²) in [4.78, 5) is 0. The second-order valence-corrected chi connectivity index (χ2v) is 2.79. The highest BCUT2D eigenvalue weighted by molar-refractivity contribution is 9.11. The first kappa shape index (κ1) is 9.24. The van der Waals surface area contributed by atoms with Crippen LogP contribution in [0.15, 0.2) is 47.6 Å². The van der Waals surface area contributed by atoms with Crippen LogP contribution in [0.2, 0.25) is 0 Å². The average Bonchev–Trinajstić information content (AvgIpc) is 1.85. The van der Waals surface area contributed by atoms with Crippen LogP contribution in [0.3, 0.4) is 0 Å². The van der Waals surface area contributed by atoms with Crippen LogP contribution in [0, 0.1) is 0 Å². The van der Waals surface area contributed by atoms with Gasteiger partial charge in [-0.2, -0.15) is 0 Å². The molecule has 0 rings (SSSR count). The summed E-state index contributed by atoms with van der Waals surface area (Å²) in [5.74, 6) is 0. The zero-order chi connectivity index (χ0) is 8.15. The summed E-state index contributed by atoms with van der Waals surface area (Å²) < 4.78 is 0.730. The van der Waals surface area contributed by atoms with Crippen LogP contribution in [0.1, 0.15) is 0 Å². The molecule has 0 radical (unpaired) electrons. The number of rotatable bonds is 3. The lowest BCUT2D eigenvalue weighted by Gasteiger charge is -1.97. The van der Waals surface area contributed by atoms with Gasteiger partial charge in [0.05, 0.1) is 0 Å². The number of nitrogens with two attached hydrogens (primary N) is 1. The second-order valence-electron chi connectivity index (χ2n) is 1.78. The van der Waals surface area contributed by atoms with Crippen molar-refractivity contribution in [3.05, 3.63) is 47.6 Å². The number of hydrogen-bond acceptors (Lipinski definition) is 1. The Hall–Kier alpha value is -0.760. The fourth-order valence-corrected chi connectivity index (χ4v) is 0.626. The molecule has 0 unspecified atom stereocenters. The zero-order valence-corrected chi connectivity index (χ0v) is 7.32. The molecule has 0 aromatic heterocycles. The van der Waals surface area contributed by atoms with E-state index in [1.54, 1.807) is 12.2 Å². The van der Waals surface area contributed by atoms with Gasteiger partial charge in [0.15, 0.2) is 0 Å². The maximum Gasteiger partial charge on any atom is 0.0392 e. The van der Waals surface area contributed by atoms with E-state index in [1.807, 2.05) is 0 Å². The van der Waals surface area contributed by atoms with Gasteiger partial charge in [-0.05, 0) is 11.6 Å². The first-order valence-electron chi connectivity index (χ1n) is 2.71. The van der Waals surface area contributed by atoms with Gasteiger partial charge in [0, 0.05) is 10.2 Å². The third-order valence-electron chi connectivity index (χ3n) is 0.929. The monoisotopic (exact) mass is 199 g/mol. The summed E-state index contributed by atoms with van der Waals surface area (Å²) >= 11 is 3.15. The lowest BCUT2D eigenvalue weighted by atomic mass is 10.2. The third-order valence-corrected chi connectivity index (χ3v) is 1.16. The normalized spacial score (nSPS) is 10.7. The van der Waals surface area contributed by atoms with E-state index >= 15 is 0 Å². The quantitative estimate of drug-likeness (QED) is 0.695. The molecule has 0 heterocycles. The van der Waals surface area contributed by atoms with E-state index in [0.717, 1.165) is 4.48 Å². The fourth-order valence-electron chi connectivity index (χ4n) is 0.379. The molecule has 0 fully saturated rings. The van der Waals surface area contributed by atoms with Crippen LogP contribution in [0.5, 0.6) is 0 Å². The average molecular weight is 200 g/mol. The molecule has 10 heavy (non-hydrogen) atoms. The Morgan fingerprint density at radius 1 is 1.40 bits per heavy atom. The van der Waals surface area contributed by atoms with Gasteiger partial charge >= 0.3 is 0 Å². The van der Waals surface area contributed by atoms with Gasteiger partial charge in [-0.25, -0.2) is 0 Å². The van der Waals surface area contributed by atoms with Crippen molar-refractivity contribution in [1.29, 1.82) is 0 Å².